The average Bonchev–Trinajstić information content (AvgIpc) is 3.22. The topological polar surface area (TPSA) is 102 Å². The van der Waals surface area contributed by atoms with Gasteiger partial charge in [-0.1, -0.05) is 18.2 Å². The molecule has 0 aromatic heterocycles. The average molecular weight is 408 g/mol. The number of aliphatic hydroxyl groups is 1. The smallest absolute Gasteiger partial charge is 0.294 e. The first-order chi connectivity index (χ1) is 14.4. The highest BCUT2D eigenvalue weighted by Gasteiger charge is 2.41. The van der Waals surface area contributed by atoms with E-state index in [1.54, 1.807) is 24.0 Å². The number of fused-ring (bicyclic) bond motifs is 1. The van der Waals surface area contributed by atoms with E-state index in [0.717, 1.165) is 0 Å². The lowest BCUT2D eigenvalue weighted by Crippen LogP contribution is -2.56. The van der Waals surface area contributed by atoms with Crippen LogP contribution in [0.25, 0.3) is 0 Å². The van der Waals surface area contributed by atoms with E-state index in [4.69, 9.17) is 0 Å². The van der Waals surface area contributed by atoms with Crippen molar-refractivity contribution in [2.75, 3.05) is 19.6 Å². The van der Waals surface area contributed by atoms with Gasteiger partial charge in [-0.2, -0.15) is 0 Å². The molecule has 1 aromatic rings. The number of nitrogens with one attached hydrogen (secondary N) is 1. The number of hydrogen-bond acceptors (Lipinski definition) is 6. The summed E-state index contributed by atoms with van der Waals surface area (Å²) in [6.07, 6.45) is 1.92. The van der Waals surface area contributed by atoms with E-state index in [1.807, 2.05) is 25.1 Å². The van der Waals surface area contributed by atoms with Gasteiger partial charge in [0, 0.05) is 54.9 Å². The van der Waals surface area contributed by atoms with E-state index in [-0.39, 0.29) is 30.6 Å². The van der Waals surface area contributed by atoms with Gasteiger partial charge in [0.25, 0.3) is 11.8 Å². The van der Waals surface area contributed by atoms with Crippen LogP contribution in [-0.2, 0) is 9.59 Å². The maximum Gasteiger partial charge on any atom is 0.294 e. The molecule has 0 spiro atoms. The van der Waals surface area contributed by atoms with Crippen LogP contribution in [0.3, 0.4) is 0 Å². The summed E-state index contributed by atoms with van der Waals surface area (Å²) >= 11 is 0. The Hall–Kier alpha value is -3.26. The fourth-order valence-corrected chi connectivity index (χ4v) is 4.18. The number of carbonyl (C=O) groups excluding carboxylic acids is 3. The van der Waals surface area contributed by atoms with E-state index in [1.165, 1.54) is 17.3 Å². The van der Waals surface area contributed by atoms with Crippen LogP contribution >= 0.6 is 0 Å². The molecule has 4 rings (SSSR count). The number of allylic oxidation sites excluding steroid dienone is 1. The van der Waals surface area contributed by atoms with Gasteiger partial charge >= 0.3 is 0 Å². The Balaban J connectivity index is 1.44. The fourth-order valence-electron chi connectivity index (χ4n) is 4.18. The maximum atomic E-state index is 12.9. The summed E-state index contributed by atoms with van der Waals surface area (Å²) in [7, 11) is 0. The Labute approximate surface area is 174 Å². The summed E-state index contributed by atoms with van der Waals surface area (Å²) in [5.74, 6) is -1.94. The van der Waals surface area contributed by atoms with Gasteiger partial charge in [-0.05, 0) is 26.0 Å². The first-order valence-corrected chi connectivity index (χ1v) is 9.97. The molecule has 0 aliphatic carbocycles. The number of aliphatic hydroxyl groups excluding tert-OH is 1. The molecule has 8 heteroatoms. The van der Waals surface area contributed by atoms with Crippen LogP contribution in [0.4, 0.5) is 0 Å². The van der Waals surface area contributed by atoms with Gasteiger partial charge in [-0.25, -0.2) is 0 Å². The molecule has 3 heterocycles. The summed E-state index contributed by atoms with van der Waals surface area (Å²) < 4.78 is 0. The SMILES string of the molecule is CC1=C2NC=C(C(=O)C(=O)N3CCN(C(=O)c4ccccc4)C(C)C3)C2C(O)C=N1. The minimum absolute atomic E-state index is 0.0842. The monoisotopic (exact) mass is 408 g/mol. The van der Waals surface area contributed by atoms with Gasteiger partial charge in [-0.3, -0.25) is 19.4 Å². The molecule has 0 saturated carbocycles. The predicted molar refractivity (Wildman–Crippen MR) is 110 cm³/mol. The Kier molecular flexibility index (Phi) is 5.26. The van der Waals surface area contributed by atoms with Crippen LogP contribution in [0.1, 0.15) is 24.2 Å². The molecule has 0 bridgehead atoms. The zero-order chi connectivity index (χ0) is 21.4. The van der Waals surface area contributed by atoms with Gasteiger partial charge in [0.1, 0.15) is 6.10 Å². The van der Waals surface area contributed by atoms with E-state index >= 15 is 0 Å². The summed E-state index contributed by atoms with van der Waals surface area (Å²) in [5, 5.41) is 13.2. The highest BCUT2D eigenvalue weighted by Crippen LogP contribution is 2.33. The number of ketones is 1. The number of Topliss-reactive ketones (excluding diaryl/α,β-unsaturated/α-hetero) is 1. The summed E-state index contributed by atoms with van der Waals surface area (Å²) in [5.41, 5.74) is 2.17. The largest absolute Gasteiger partial charge is 0.386 e. The number of rotatable bonds is 3. The highest BCUT2D eigenvalue weighted by molar-refractivity contribution is 6.43. The molecule has 30 heavy (non-hydrogen) atoms. The minimum atomic E-state index is -0.957. The minimum Gasteiger partial charge on any atom is -0.386 e. The molecule has 3 atom stereocenters. The van der Waals surface area contributed by atoms with Crippen molar-refractivity contribution >= 4 is 23.8 Å². The molecule has 1 saturated heterocycles. The van der Waals surface area contributed by atoms with Crippen LogP contribution in [0.2, 0.25) is 0 Å². The van der Waals surface area contributed by atoms with E-state index < -0.39 is 23.7 Å². The van der Waals surface area contributed by atoms with Crippen LogP contribution in [0.5, 0.6) is 0 Å². The van der Waals surface area contributed by atoms with Crippen molar-refractivity contribution in [3.05, 3.63) is 59.1 Å². The van der Waals surface area contributed by atoms with Crippen molar-refractivity contribution in [3.8, 4) is 0 Å². The molecule has 1 fully saturated rings. The molecule has 156 valence electrons. The zero-order valence-corrected chi connectivity index (χ0v) is 16.9. The Morgan fingerprint density at radius 1 is 1.17 bits per heavy atom. The predicted octanol–water partition coefficient (Wildman–Crippen LogP) is 0.709. The zero-order valence-electron chi connectivity index (χ0n) is 16.9. The van der Waals surface area contributed by atoms with Crippen molar-refractivity contribution in [3.63, 3.8) is 0 Å². The summed E-state index contributed by atoms with van der Waals surface area (Å²) in [6, 6.07) is 8.79. The number of amides is 2. The molecule has 3 aliphatic heterocycles. The molecule has 8 nitrogen and oxygen atoms in total. The standard InChI is InChI=1S/C22H24N4O4/c1-13-12-25(8-9-26(13)21(29)15-6-4-3-5-7-15)22(30)20(28)16-10-24-19-14(2)23-11-17(27)18(16)19/h3-7,10-11,13,17-18,24,27H,8-9,12H2,1-2H3. The van der Waals surface area contributed by atoms with Crippen molar-refractivity contribution in [2.24, 2.45) is 10.9 Å². The van der Waals surface area contributed by atoms with Gasteiger partial charge in [0.2, 0.25) is 5.78 Å². The molecular weight excluding hydrogens is 384 g/mol. The van der Waals surface area contributed by atoms with Crippen molar-refractivity contribution in [1.29, 1.82) is 0 Å². The molecule has 2 amide bonds. The van der Waals surface area contributed by atoms with Gasteiger partial charge in [-0.15, -0.1) is 0 Å². The molecule has 3 unspecified atom stereocenters. The second-order valence-corrected chi connectivity index (χ2v) is 7.78. The fraction of sp³-hybridized carbons (Fsp3) is 0.364. The van der Waals surface area contributed by atoms with Gasteiger partial charge in [0.15, 0.2) is 0 Å². The number of aliphatic imine (C=N–C) groups is 1. The van der Waals surface area contributed by atoms with Crippen LogP contribution in [-0.4, -0.2) is 70.5 Å². The van der Waals surface area contributed by atoms with E-state index in [9.17, 15) is 19.5 Å². The van der Waals surface area contributed by atoms with Crippen molar-refractivity contribution in [1.82, 2.24) is 15.1 Å². The lowest BCUT2D eigenvalue weighted by atomic mass is 9.88. The second-order valence-electron chi connectivity index (χ2n) is 7.78. The number of hydrogen-bond donors (Lipinski definition) is 2. The van der Waals surface area contributed by atoms with E-state index in [0.29, 0.717) is 23.5 Å². The lowest BCUT2D eigenvalue weighted by molar-refractivity contribution is -0.144. The first-order valence-electron chi connectivity index (χ1n) is 9.97. The molecule has 2 N–H and O–H groups in total. The second kappa shape index (κ2) is 7.87. The highest BCUT2D eigenvalue weighted by atomic mass is 16.3. The molecule has 3 aliphatic rings. The van der Waals surface area contributed by atoms with E-state index in [2.05, 4.69) is 10.3 Å². The maximum absolute atomic E-state index is 12.9. The van der Waals surface area contributed by atoms with Crippen LogP contribution in [0.15, 0.2) is 58.5 Å². The quantitative estimate of drug-likeness (QED) is 0.717. The number of benzene rings is 1. The third-order valence-corrected chi connectivity index (χ3v) is 5.83. The normalized spacial score (nSPS) is 25.6. The third-order valence-electron chi connectivity index (χ3n) is 5.83. The summed E-state index contributed by atoms with van der Waals surface area (Å²) in [4.78, 5) is 45.9. The third kappa shape index (κ3) is 3.43. The number of piperazine rings is 1. The number of carbonyl (C=O) groups is 3. The van der Waals surface area contributed by atoms with Crippen molar-refractivity contribution < 1.29 is 19.5 Å². The first kappa shape index (κ1) is 20.0. The van der Waals surface area contributed by atoms with Crippen LogP contribution in [0, 0.1) is 5.92 Å². The van der Waals surface area contributed by atoms with Gasteiger partial charge in [0.05, 0.1) is 11.6 Å². The van der Waals surface area contributed by atoms with Crippen molar-refractivity contribution in [2.45, 2.75) is 26.0 Å². The summed E-state index contributed by atoms with van der Waals surface area (Å²) in [6.45, 7) is 4.57. The van der Waals surface area contributed by atoms with Gasteiger partial charge < -0.3 is 20.2 Å². The Bertz CT molecular complexity index is 982. The Morgan fingerprint density at radius 3 is 2.60 bits per heavy atom. The molecular formula is C22H24N4O4. The Morgan fingerprint density at radius 2 is 1.90 bits per heavy atom. The lowest BCUT2D eigenvalue weighted by Gasteiger charge is -2.39. The number of nitrogens with zero attached hydrogens (tertiary/aromatic N) is 3. The molecule has 0 radical (unpaired) electrons. The van der Waals surface area contributed by atoms with Crippen LogP contribution < -0.4 is 5.32 Å². The molecule has 1 aromatic carbocycles.